The maximum atomic E-state index is 9.33. The lowest BCUT2D eigenvalue weighted by molar-refractivity contribution is 0.00578. The zero-order chi connectivity index (χ0) is 33.9. The fourth-order valence-electron chi connectivity index (χ4n) is 3.44. The second-order valence-electron chi connectivity index (χ2n) is 7.75. The standard InChI is InChI=1S/C24H29BO2/c1-22(2)23(3,4)27-25(26-22)17-12-13-19-18-10-6-7-11-20(18)24(21(19)16-17)14-8-5-9-15-24/h6-7,10-13,16H,5,8-9,14-15H2,1-4H3/i5D2,6D,7D,8D2,9D2,10D,11D,12D,13D,14D2,15D2,16D. The number of benzene rings is 2. The van der Waals surface area contributed by atoms with Crippen molar-refractivity contribution in [3.63, 3.8) is 0 Å². The van der Waals surface area contributed by atoms with Gasteiger partial charge in [0.2, 0.25) is 0 Å². The first-order valence-corrected chi connectivity index (χ1v) is 8.67. The van der Waals surface area contributed by atoms with E-state index in [0.717, 1.165) is 0 Å². The number of rotatable bonds is 1. The summed E-state index contributed by atoms with van der Waals surface area (Å²) >= 11 is 0. The first-order valence-electron chi connectivity index (χ1n) is 17.2. The van der Waals surface area contributed by atoms with E-state index in [4.69, 9.17) is 25.8 Å². The minimum Gasteiger partial charge on any atom is -0.399 e. The van der Waals surface area contributed by atoms with Crippen molar-refractivity contribution in [2.75, 3.05) is 0 Å². The highest BCUT2D eigenvalue weighted by atomic mass is 16.7. The molecule has 3 heteroatoms. The van der Waals surface area contributed by atoms with Crippen LogP contribution < -0.4 is 5.46 Å². The normalized spacial score (nSPS) is 42.5. The van der Waals surface area contributed by atoms with E-state index in [-0.39, 0.29) is 0 Å². The second-order valence-corrected chi connectivity index (χ2v) is 7.75. The Balaban J connectivity index is 2.10. The van der Waals surface area contributed by atoms with Crippen molar-refractivity contribution < 1.29 is 32.6 Å². The molecule has 5 rings (SSSR count). The lowest BCUT2D eigenvalue weighted by atomic mass is 9.66. The molecule has 0 N–H and O–H groups in total. The summed E-state index contributed by atoms with van der Waals surface area (Å²) in [6, 6.07) is -6.36. The van der Waals surface area contributed by atoms with Crippen molar-refractivity contribution in [3.05, 3.63) is 53.4 Å². The van der Waals surface area contributed by atoms with Gasteiger partial charge in [0.05, 0.1) is 20.8 Å². The molecule has 2 aromatic carbocycles. The van der Waals surface area contributed by atoms with Gasteiger partial charge in [-0.3, -0.25) is 0 Å². The molecule has 140 valence electrons. The molecule has 1 saturated carbocycles. The summed E-state index contributed by atoms with van der Waals surface area (Å²) in [4.78, 5) is 0. The van der Waals surface area contributed by atoms with E-state index in [2.05, 4.69) is 0 Å². The molecule has 1 heterocycles. The molecule has 2 fully saturated rings. The Morgan fingerprint density at radius 3 is 2.19 bits per heavy atom. The second kappa shape index (κ2) is 5.72. The third-order valence-corrected chi connectivity index (χ3v) is 5.63. The molecule has 2 aromatic rings. The highest BCUT2D eigenvalue weighted by molar-refractivity contribution is 6.62. The van der Waals surface area contributed by atoms with Crippen molar-refractivity contribution in [1.29, 1.82) is 0 Å². The zero-order valence-electron chi connectivity index (χ0n) is 32.4. The van der Waals surface area contributed by atoms with Gasteiger partial charge in [-0.25, -0.2) is 0 Å². The van der Waals surface area contributed by atoms with Crippen LogP contribution in [0.4, 0.5) is 0 Å². The molecule has 2 aliphatic carbocycles. The minimum atomic E-state index is -3.90. The Kier molecular flexibility index (Phi) is 1.49. The zero-order valence-corrected chi connectivity index (χ0v) is 15.4. The van der Waals surface area contributed by atoms with Crippen LogP contribution in [0.3, 0.4) is 0 Å². The van der Waals surface area contributed by atoms with Crippen LogP contribution in [-0.4, -0.2) is 18.3 Å². The Bertz CT molecular complexity index is 1600. The van der Waals surface area contributed by atoms with Crippen LogP contribution >= 0.6 is 0 Å². The van der Waals surface area contributed by atoms with Crippen LogP contribution in [0, 0.1) is 0 Å². The molecule has 1 aliphatic heterocycles. The van der Waals surface area contributed by atoms with Gasteiger partial charge >= 0.3 is 7.12 Å². The maximum Gasteiger partial charge on any atom is 0.494 e. The molecule has 0 aromatic heterocycles. The number of fused-ring (bicyclic) bond motifs is 5. The average Bonchev–Trinajstić information content (AvgIpc) is 3.32. The number of hydrogen-bond acceptors (Lipinski definition) is 2. The predicted molar refractivity (Wildman–Crippen MR) is 111 cm³/mol. The van der Waals surface area contributed by atoms with Crippen LogP contribution in [0.2, 0.25) is 0 Å². The Labute approximate surface area is 187 Å². The molecule has 0 unspecified atom stereocenters. The Hall–Kier alpha value is -1.58. The summed E-state index contributed by atoms with van der Waals surface area (Å²) in [6.45, 7) is 6.61. The Morgan fingerprint density at radius 2 is 1.48 bits per heavy atom. The van der Waals surface area contributed by atoms with Gasteiger partial charge in [-0.2, -0.15) is 0 Å². The van der Waals surface area contributed by atoms with Crippen LogP contribution in [0.1, 0.15) is 94.0 Å². The van der Waals surface area contributed by atoms with E-state index in [1.54, 1.807) is 27.7 Å². The van der Waals surface area contributed by atoms with Crippen molar-refractivity contribution in [2.45, 2.75) is 76.2 Å². The van der Waals surface area contributed by atoms with Crippen molar-refractivity contribution >= 4 is 12.6 Å². The lowest BCUT2D eigenvalue weighted by Crippen LogP contribution is -2.41. The monoisotopic (exact) mass is 377 g/mol. The highest BCUT2D eigenvalue weighted by Crippen LogP contribution is 2.55. The third-order valence-electron chi connectivity index (χ3n) is 5.63. The molecule has 0 amide bonds. The topological polar surface area (TPSA) is 18.5 Å². The van der Waals surface area contributed by atoms with E-state index in [9.17, 15) is 6.85 Å². The fourth-order valence-corrected chi connectivity index (χ4v) is 3.44. The molecular formula is C24H29BO2. The first-order chi connectivity index (χ1) is 19.6. The Morgan fingerprint density at radius 1 is 0.852 bits per heavy atom. The maximum absolute atomic E-state index is 9.33. The average molecular weight is 377 g/mol. The van der Waals surface area contributed by atoms with Crippen molar-refractivity contribution in [3.8, 4) is 11.1 Å². The summed E-state index contributed by atoms with van der Waals surface area (Å²) in [5, 5.41) is 0. The summed E-state index contributed by atoms with van der Waals surface area (Å²) < 4.78 is 161. The van der Waals surface area contributed by atoms with Gasteiger partial charge in [-0.15, -0.1) is 0 Å². The summed E-state index contributed by atoms with van der Waals surface area (Å²) in [6.07, 6.45) is -19.4. The minimum absolute atomic E-state index is 0.504. The van der Waals surface area contributed by atoms with E-state index in [0.29, 0.717) is 0 Å². The van der Waals surface area contributed by atoms with E-state index in [1.807, 2.05) is 0 Å². The molecule has 3 aliphatic rings. The van der Waals surface area contributed by atoms with Gasteiger partial charge in [0, 0.05) is 19.1 Å². The molecule has 27 heavy (non-hydrogen) atoms. The van der Waals surface area contributed by atoms with Crippen LogP contribution in [0.5, 0.6) is 0 Å². The van der Waals surface area contributed by atoms with Gasteiger partial charge in [0.1, 0.15) is 0 Å². The largest absolute Gasteiger partial charge is 0.494 e. The fraction of sp³-hybridized carbons (Fsp3) is 0.500. The van der Waals surface area contributed by atoms with Crippen LogP contribution in [0.15, 0.2) is 42.3 Å². The third kappa shape index (κ3) is 2.41. The van der Waals surface area contributed by atoms with Crippen LogP contribution in [0.25, 0.3) is 11.1 Å². The molecule has 0 bridgehead atoms. The highest BCUT2D eigenvalue weighted by Gasteiger charge is 2.52. The van der Waals surface area contributed by atoms with Crippen molar-refractivity contribution in [1.82, 2.24) is 0 Å². The molecule has 0 atom stereocenters. The SMILES string of the molecule is [2H]c1c([2H])c([2H])c2c(c1[2H])-c1c([2H])c([2H])c(B3OC(C)(C)C(C)(C)O3)c([2H])c1C21C([2H])([2H])C([2H])([2H])C([2H])([2H])C([2H])([2H])C1([2H])[2H]. The molecule has 2 nitrogen and oxygen atoms in total. The van der Waals surface area contributed by atoms with E-state index in [1.165, 1.54) is 0 Å². The molecular weight excluding hydrogens is 331 g/mol. The van der Waals surface area contributed by atoms with Gasteiger partial charge < -0.3 is 9.31 Å². The summed E-state index contributed by atoms with van der Waals surface area (Å²) in [5.41, 5.74) is -9.35. The summed E-state index contributed by atoms with van der Waals surface area (Å²) in [5.74, 6) is 0. The number of hydrogen-bond donors (Lipinski definition) is 0. The quantitative estimate of drug-likeness (QED) is 0.635. The van der Waals surface area contributed by atoms with Gasteiger partial charge in [0.15, 0.2) is 0 Å². The predicted octanol–water partition coefficient (Wildman–Crippen LogP) is 5.22. The molecule has 1 saturated heterocycles. The summed E-state index contributed by atoms with van der Waals surface area (Å²) in [7, 11) is -1.57. The smallest absolute Gasteiger partial charge is 0.399 e. The molecule has 0 radical (unpaired) electrons. The first kappa shape index (κ1) is 7.04. The van der Waals surface area contributed by atoms with Gasteiger partial charge in [-0.1, -0.05) is 61.4 Å². The lowest BCUT2D eigenvalue weighted by Gasteiger charge is -2.36. The molecule has 1 spiro atoms. The van der Waals surface area contributed by atoms with E-state index < -0.39 is 126 Å². The van der Waals surface area contributed by atoms with E-state index >= 15 is 0 Å². The van der Waals surface area contributed by atoms with Gasteiger partial charge in [-0.05, 0) is 68.2 Å². The van der Waals surface area contributed by atoms with Crippen molar-refractivity contribution in [2.24, 2.45) is 0 Å². The van der Waals surface area contributed by atoms with Crippen LogP contribution in [-0.2, 0) is 14.7 Å². The van der Waals surface area contributed by atoms with Gasteiger partial charge in [0.25, 0.3) is 0 Å².